The van der Waals surface area contributed by atoms with E-state index < -0.39 is 0 Å². The van der Waals surface area contributed by atoms with Gasteiger partial charge in [0.15, 0.2) is 5.13 Å². The summed E-state index contributed by atoms with van der Waals surface area (Å²) in [6.45, 7) is 2.72. The molecule has 0 saturated heterocycles. The van der Waals surface area contributed by atoms with Crippen LogP contribution in [0.5, 0.6) is 0 Å². The predicted molar refractivity (Wildman–Crippen MR) is 109 cm³/mol. The maximum Gasteiger partial charge on any atom is 0.325 e. The molecule has 0 atom stereocenters. The Kier molecular flexibility index (Phi) is 6.81. The van der Waals surface area contributed by atoms with E-state index in [4.69, 9.17) is 0 Å². The second-order valence-corrected chi connectivity index (χ2v) is 7.94. The van der Waals surface area contributed by atoms with Crippen molar-refractivity contribution in [1.29, 1.82) is 0 Å². The third-order valence-electron chi connectivity index (χ3n) is 4.70. The molecular weight excluding hydrogens is 360 g/mol. The van der Waals surface area contributed by atoms with Crippen LogP contribution in [0.1, 0.15) is 43.4 Å². The average molecular weight is 387 g/mol. The van der Waals surface area contributed by atoms with Gasteiger partial charge in [-0.2, -0.15) is 0 Å². The molecule has 1 saturated carbocycles. The molecule has 6 nitrogen and oxygen atoms in total. The fraction of sp³-hybridized carbons (Fsp3) is 0.450. The summed E-state index contributed by atoms with van der Waals surface area (Å²) in [6, 6.07) is 7.23. The van der Waals surface area contributed by atoms with Gasteiger partial charge in [-0.15, -0.1) is 11.3 Å². The fourth-order valence-electron chi connectivity index (χ4n) is 3.30. The molecule has 1 aromatic heterocycles. The maximum absolute atomic E-state index is 12.1. The van der Waals surface area contributed by atoms with Gasteiger partial charge in [-0.05, 0) is 43.4 Å². The lowest BCUT2D eigenvalue weighted by molar-refractivity contribution is -0.120. The lowest BCUT2D eigenvalue weighted by Crippen LogP contribution is -2.31. The molecule has 1 fully saturated rings. The van der Waals surface area contributed by atoms with Crippen LogP contribution >= 0.6 is 11.3 Å². The molecule has 27 heavy (non-hydrogen) atoms. The van der Waals surface area contributed by atoms with E-state index in [0.29, 0.717) is 16.7 Å². The van der Waals surface area contributed by atoms with Gasteiger partial charge in [-0.1, -0.05) is 31.4 Å². The quantitative estimate of drug-likeness (QED) is 0.691. The summed E-state index contributed by atoms with van der Waals surface area (Å²) < 4.78 is 0. The number of nitrogens with zero attached hydrogens (tertiary/aromatic N) is 1. The van der Waals surface area contributed by atoms with Gasteiger partial charge < -0.3 is 10.6 Å². The molecule has 0 radical (unpaired) electrons. The zero-order chi connectivity index (χ0) is 19.1. The Morgan fingerprint density at radius 3 is 2.78 bits per heavy atom. The Labute approximate surface area is 163 Å². The lowest BCUT2D eigenvalue weighted by atomic mass is 9.89. The highest BCUT2D eigenvalue weighted by atomic mass is 32.1. The zero-order valence-corrected chi connectivity index (χ0v) is 16.4. The van der Waals surface area contributed by atoms with Crippen LogP contribution in [-0.4, -0.2) is 23.5 Å². The molecule has 0 spiro atoms. The molecule has 3 rings (SSSR count). The Hall–Kier alpha value is -2.41. The monoisotopic (exact) mass is 386 g/mol. The predicted octanol–water partition coefficient (Wildman–Crippen LogP) is 4.33. The van der Waals surface area contributed by atoms with Gasteiger partial charge in [-0.3, -0.25) is 10.1 Å². The van der Waals surface area contributed by atoms with E-state index in [0.717, 1.165) is 17.8 Å². The van der Waals surface area contributed by atoms with Gasteiger partial charge in [0.1, 0.15) is 0 Å². The fourth-order valence-corrected chi connectivity index (χ4v) is 4.01. The van der Waals surface area contributed by atoms with Crippen molar-refractivity contribution >= 4 is 34.1 Å². The van der Waals surface area contributed by atoms with Crippen LogP contribution in [0, 0.1) is 12.8 Å². The van der Waals surface area contributed by atoms with Crippen molar-refractivity contribution in [3.63, 3.8) is 0 Å². The minimum atomic E-state index is -0.344. The van der Waals surface area contributed by atoms with E-state index in [9.17, 15) is 9.59 Å². The second kappa shape index (κ2) is 9.50. The van der Waals surface area contributed by atoms with Crippen LogP contribution < -0.4 is 16.0 Å². The summed E-state index contributed by atoms with van der Waals surface area (Å²) in [5.74, 6) is 0.599. The van der Waals surface area contributed by atoms with Crippen molar-refractivity contribution in [2.75, 3.05) is 17.2 Å². The molecule has 3 N–H and O–H groups in total. The number of hydrogen-bond donors (Lipinski definition) is 3. The van der Waals surface area contributed by atoms with E-state index in [1.807, 2.05) is 36.6 Å². The molecule has 1 heterocycles. The summed E-state index contributed by atoms with van der Waals surface area (Å²) in [6.07, 6.45) is 6.52. The summed E-state index contributed by atoms with van der Waals surface area (Å²) in [4.78, 5) is 28.5. The van der Waals surface area contributed by atoms with Gasteiger partial charge >= 0.3 is 6.03 Å². The van der Waals surface area contributed by atoms with Crippen LogP contribution in [0.2, 0.25) is 0 Å². The Bertz CT molecular complexity index is 784. The van der Waals surface area contributed by atoms with Crippen molar-refractivity contribution in [3.8, 4) is 0 Å². The third-order valence-corrected chi connectivity index (χ3v) is 5.51. The summed E-state index contributed by atoms with van der Waals surface area (Å²) >= 11 is 1.32. The van der Waals surface area contributed by atoms with Crippen molar-refractivity contribution in [3.05, 3.63) is 40.9 Å². The first-order chi connectivity index (χ1) is 13.1. The number of anilines is 2. The Balaban J connectivity index is 1.43. The minimum Gasteiger partial charge on any atom is -0.355 e. The van der Waals surface area contributed by atoms with E-state index in [1.54, 1.807) is 0 Å². The molecule has 1 aromatic carbocycles. The SMILES string of the molecule is Cc1cccc(NC(=O)Nc2nc(CC(=O)NCC3CCCCC3)cs2)c1. The summed E-state index contributed by atoms with van der Waals surface area (Å²) in [5.41, 5.74) is 2.47. The largest absolute Gasteiger partial charge is 0.355 e. The minimum absolute atomic E-state index is 0.0124. The van der Waals surface area contributed by atoms with Gasteiger partial charge in [0.2, 0.25) is 5.91 Å². The van der Waals surface area contributed by atoms with E-state index >= 15 is 0 Å². The first kappa shape index (κ1) is 19.4. The van der Waals surface area contributed by atoms with Crippen LogP contribution in [0.25, 0.3) is 0 Å². The standard InChI is InChI=1S/C20H26N4O2S/c1-14-6-5-9-16(10-14)22-19(26)24-20-23-17(13-27-20)11-18(25)21-12-15-7-3-2-4-8-15/h5-6,9-10,13,15H,2-4,7-8,11-12H2,1H3,(H,21,25)(H2,22,23,24,26). The van der Waals surface area contributed by atoms with Gasteiger partial charge in [-0.25, -0.2) is 9.78 Å². The third kappa shape index (κ3) is 6.36. The van der Waals surface area contributed by atoms with Gasteiger partial charge in [0.25, 0.3) is 0 Å². The highest BCUT2D eigenvalue weighted by Gasteiger charge is 2.15. The molecule has 2 aromatic rings. The highest BCUT2D eigenvalue weighted by molar-refractivity contribution is 7.14. The number of carbonyl (C=O) groups is 2. The van der Waals surface area contributed by atoms with Crippen molar-refractivity contribution in [2.45, 2.75) is 45.4 Å². The number of urea groups is 1. The molecule has 0 unspecified atom stereocenters. The molecule has 7 heteroatoms. The smallest absolute Gasteiger partial charge is 0.325 e. The number of aryl methyl sites for hydroxylation is 1. The van der Waals surface area contributed by atoms with Crippen LogP contribution in [0.4, 0.5) is 15.6 Å². The first-order valence-corrected chi connectivity index (χ1v) is 10.3. The molecule has 0 bridgehead atoms. The summed E-state index contributed by atoms with van der Waals surface area (Å²) in [5, 5.41) is 10.8. The van der Waals surface area contributed by atoms with E-state index in [1.165, 1.54) is 43.4 Å². The summed E-state index contributed by atoms with van der Waals surface area (Å²) in [7, 11) is 0. The lowest BCUT2D eigenvalue weighted by Gasteiger charge is -2.21. The van der Waals surface area contributed by atoms with Crippen molar-refractivity contribution < 1.29 is 9.59 Å². The number of nitrogens with one attached hydrogen (secondary N) is 3. The number of hydrogen-bond acceptors (Lipinski definition) is 4. The number of amides is 3. The highest BCUT2D eigenvalue weighted by Crippen LogP contribution is 2.23. The van der Waals surface area contributed by atoms with Crippen LogP contribution in [-0.2, 0) is 11.2 Å². The molecule has 144 valence electrons. The zero-order valence-electron chi connectivity index (χ0n) is 15.6. The molecule has 1 aliphatic rings. The number of thiazole rings is 1. The van der Waals surface area contributed by atoms with Gasteiger partial charge in [0, 0.05) is 17.6 Å². The molecule has 0 aliphatic heterocycles. The molecular formula is C20H26N4O2S. The number of aromatic nitrogens is 1. The Morgan fingerprint density at radius 2 is 2.00 bits per heavy atom. The van der Waals surface area contributed by atoms with Crippen LogP contribution in [0.15, 0.2) is 29.6 Å². The maximum atomic E-state index is 12.1. The van der Waals surface area contributed by atoms with E-state index in [2.05, 4.69) is 20.9 Å². The van der Waals surface area contributed by atoms with Crippen molar-refractivity contribution in [2.24, 2.45) is 5.92 Å². The van der Waals surface area contributed by atoms with Crippen LogP contribution in [0.3, 0.4) is 0 Å². The Morgan fingerprint density at radius 1 is 1.19 bits per heavy atom. The molecule has 3 amide bonds. The normalized spacial score (nSPS) is 14.6. The number of benzene rings is 1. The second-order valence-electron chi connectivity index (χ2n) is 7.08. The average Bonchev–Trinajstić information content (AvgIpc) is 3.07. The molecule has 1 aliphatic carbocycles. The number of carbonyl (C=O) groups excluding carboxylic acids is 2. The first-order valence-electron chi connectivity index (χ1n) is 9.44. The van der Waals surface area contributed by atoms with Gasteiger partial charge in [0.05, 0.1) is 12.1 Å². The van der Waals surface area contributed by atoms with Crippen molar-refractivity contribution in [1.82, 2.24) is 10.3 Å². The van der Waals surface area contributed by atoms with E-state index in [-0.39, 0.29) is 18.4 Å². The number of rotatable bonds is 6. The topological polar surface area (TPSA) is 83.1 Å².